The number of aliphatic carboxylic acids is 1. The lowest BCUT2D eigenvalue weighted by molar-refractivity contribution is -0.136. The van der Waals surface area contributed by atoms with Crippen molar-refractivity contribution in [2.24, 2.45) is 0 Å². The van der Waals surface area contributed by atoms with Gasteiger partial charge in [-0.25, -0.2) is 3.97 Å². The molecule has 4 aromatic rings. The number of benzene rings is 2. The first-order chi connectivity index (χ1) is 15.2. The Morgan fingerprint density at radius 2 is 1.81 bits per heavy atom. The molecule has 166 valence electrons. The molecule has 2 heterocycles. The molecular weight excluding hydrogens is 493 g/mol. The number of aromatic nitrogens is 1. The Morgan fingerprint density at radius 3 is 2.47 bits per heavy atom. The van der Waals surface area contributed by atoms with Crippen LogP contribution >= 0.6 is 34.5 Å². The van der Waals surface area contributed by atoms with Crippen molar-refractivity contribution in [1.29, 1.82) is 0 Å². The van der Waals surface area contributed by atoms with E-state index >= 15 is 0 Å². The minimum atomic E-state index is -3.93. The smallest absolute Gasteiger partial charge is 0.303 e. The second-order valence-electron chi connectivity index (χ2n) is 7.01. The largest absolute Gasteiger partial charge is 0.497 e. The van der Waals surface area contributed by atoms with Gasteiger partial charge in [-0.2, -0.15) is 8.42 Å². The lowest BCUT2D eigenvalue weighted by Crippen LogP contribution is -2.10. The molecule has 0 bridgehead atoms. The lowest BCUT2D eigenvalue weighted by Gasteiger charge is -2.06. The predicted molar refractivity (Wildman–Crippen MR) is 127 cm³/mol. The van der Waals surface area contributed by atoms with E-state index in [-0.39, 0.29) is 17.1 Å². The SMILES string of the molecule is COc1ccc2c(c1)c(CCC(=O)O)cn2S(=O)(=O)c1ccc(-c2cc(Cl)cc(Cl)c2)s1. The summed E-state index contributed by atoms with van der Waals surface area (Å²) in [7, 11) is -2.41. The Labute approximate surface area is 198 Å². The summed E-state index contributed by atoms with van der Waals surface area (Å²) in [4.78, 5) is 11.8. The molecule has 32 heavy (non-hydrogen) atoms. The van der Waals surface area contributed by atoms with Gasteiger partial charge in [0.1, 0.15) is 9.96 Å². The van der Waals surface area contributed by atoms with E-state index in [1.807, 2.05) is 0 Å². The normalized spacial score (nSPS) is 11.7. The fraction of sp³-hybridized carbons (Fsp3) is 0.136. The summed E-state index contributed by atoms with van der Waals surface area (Å²) in [5, 5.41) is 10.6. The van der Waals surface area contributed by atoms with Crippen LogP contribution in [0.3, 0.4) is 0 Å². The minimum absolute atomic E-state index is 0.116. The number of methoxy groups -OCH3 is 1. The number of ether oxygens (including phenoxy) is 1. The van der Waals surface area contributed by atoms with E-state index in [1.165, 1.54) is 23.3 Å². The van der Waals surface area contributed by atoms with Gasteiger partial charge in [0.2, 0.25) is 0 Å². The van der Waals surface area contributed by atoms with Gasteiger partial charge in [-0.3, -0.25) is 4.79 Å². The van der Waals surface area contributed by atoms with E-state index < -0.39 is 16.0 Å². The zero-order valence-electron chi connectivity index (χ0n) is 16.7. The van der Waals surface area contributed by atoms with Crippen LogP contribution in [-0.4, -0.2) is 30.6 Å². The third-order valence-electron chi connectivity index (χ3n) is 4.91. The molecule has 0 aliphatic heterocycles. The Hall–Kier alpha value is -2.52. The Morgan fingerprint density at radius 1 is 1.09 bits per heavy atom. The third-order valence-corrected chi connectivity index (χ3v) is 8.62. The van der Waals surface area contributed by atoms with Gasteiger partial charge in [0, 0.05) is 32.9 Å². The summed E-state index contributed by atoms with van der Waals surface area (Å²) in [6.07, 6.45) is 1.56. The molecule has 1 N–H and O–H groups in total. The van der Waals surface area contributed by atoms with Gasteiger partial charge in [-0.1, -0.05) is 23.2 Å². The second-order valence-corrected chi connectivity index (χ2v) is 11.0. The number of thiophene rings is 1. The van der Waals surface area contributed by atoms with Crippen molar-refractivity contribution >= 4 is 61.4 Å². The Bertz CT molecular complexity index is 1420. The molecule has 0 fully saturated rings. The molecule has 4 rings (SSSR count). The lowest BCUT2D eigenvalue weighted by atomic mass is 10.1. The first-order valence-corrected chi connectivity index (χ1v) is 12.4. The van der Waals surface area contributed by atoms with Gasteiger partial charge < -0.3 is 9.84 Å². The number of carboxylic acids is 1. The van der Waals surface area contributed by atoms with Crippen molar-refractivity contribution in [3.63, 3.8) is 0 Å². The topological polar surface area (TPSA) is 85.6 Å². The first-order valence-electron chi connectivity index (χ1n) is 9.40. The number of hydrogen-bond acceptors (Lipinski definition) is 5. The summed E-state index contributed by atoms with van der Waals surface area (Å²) in [6, 6.07) is 13.3. The van der Waals surface area contributed by atoms with Crippen LogP contribution in [0.4, 0.5) is 0 Å². The molecule has 2 aromatic heterocycles. The molecule has 0 amide bonds. The highest BCUT2D eigenvalue weighted by molar-refractivity contribution is 7.92. The molecule has 0 radical (unpaired) electrons. The maximum Gasteiger partial charge on any atom is 0.303 e. The van der Waals surface area contributed by atoms with E-state index in [4.69, 9.17) is 33.0 Å². The molecule has 0 spiro atoms. The number of nitrogens with zero attached hydrogens (tertiary/aromatic N) is 1. The van der Waals surface area contributed by atoms with Crippen molar-refractivity contribution in [2.45, 2.75) is 17.1 Å². The molecule has 0 saturated heterocycles. The summed E-state index contributed by atoms with van der Waals surface area (Å²) in [6.45, 7) is 0. The van der Waals surface area contributed by atoms with Crippen LogP contribution in [0.1, 0.15) is 12.0 Å². The zero-order valence-corrected chi connectivity index (χ0v) is 19.9. The number of carbonyl (C=O) groups is 1. The maximum absolute atomic E-state index is 13.5. The standard InChI is InChI=1S/C22H17Cl2NO5S2/c1-30-17-3-4-19-18(11-17)13(2-6-21(26)27)12-25(19)32(28,29)22-7-5-20(31-22)14-8-15(23)10-16(24)9-14/h3-5,7-12H,2,6H2,1H3,(H,26,27). The summed E-state index contributed by atoms with van der Waals surface area (Å²) < 4.78 is 33.6. The molecular formula is C22H17Cl2NO5S2. The van der Waals surface area contributed by atoms with Gasteiger partial charge in [-0.15, -0.1) is 11.3 Å². The molecule has 6 nitrogen and oxygen atoms in total. The van der Waals surface area contributed by atoms with Crippen molar-refractivity contribution in [3.05, 3.63) is 70.3 Å². The quantitative estimate of drug-likeness (QED) is 0.333. The molecule has 10 heteroatoms. The number of aryl methyl sites for hydroxylation is 1. The van der Waals surface area contributed by atoms with Crippen LogP contribution in [0.2, 0.25) is 10.0 Å². The first kappa shape index (κ1) is 22.7. The highest BCUT2D eigenvalue weighted by Crippen LogP contribution is 2.36. The number of hydrogen-bond donors (Lipinski definition) is 1. The highest BCUT2D eigenvalue weighted by atomic mass is 35.5. The highest BCUT2D eigenvalue weighted by Gasteiger charge is 2.24. The fourth-order valence-corrected chi connectivity index (χ4v) is 6.72. The summed E-state index contributed by atoms with van der Waals surface area (Å²) in [5.41, 5.74) is 1.79. The summed E-state index contributed by atoms with van der Waals surface area (Å²) in [5.74, 6) is -0.403. The van der Waals surface area contributed by atoms with E-state index in [1.54, 1.807) is 42.5 Å². The monoisotopic (exact) mass is 509 g/mol. The van der Waals surface area contributed by atoms with Crippen molar-refractivity contribution in [1.82, 2.24) is 3.97 Å². The second kappa shape index (κ2) is 8.78. The van der Waals surface area contributed by atoms with E-state index in [9.17, 15) is 13.2 Å². The van der Waals surface area contributed by atoms with Crippen molar-refractivity contribution < 1.29 is 23.1 Å². The van der Waals surface area contributed by atoms with E-state index in [0.29, 0.717) is 37.1 Å². The van der Waals surface area contributed by atoms with Crippen LogP contribution in [-0.2, 0) is 21.2 Å². The average Bonchev–Trinajstić information content (AvgIpc) is 3.37. The summed E-state index contributed by atoms with van der Waals surface area (Å²) >= 11 is 13.3. The number of rotatable bonds is 7. The van der Waals surface area contributed by atoms with Gasteiger partial charge >= 0.3 is 5.97 Å². The van der Waals surface area contributed by atoms with Crippen LogP contribution in [0.5, 0.6) is 5.75 Å². The van der Waals surface area contributed by atoms with Crippen LogP contribution in [0, 0.1) is 0 Å². The molecule has 0 saturated carbocycles. The molecule has 2 aromatic carbocycles. The van der Waals surface area contributed by atoms with Crippen molar-refractivity contribution in [2.75, 3.05) is 7.11 Å². The van der Waals surface area contributed by atoms with E-state index in [2.05, 4.69) is 0 Å². The molecule has 0 unspecified atom stereocenters. The van der Waals surface area contributed by atoms with Crippen LogP contribution in [0.15, 0.2) is 58.9 Å². The maximum atomic E-state index is 13.5. The molecule has 0 atom stereocenters. The van der Waals surface area contributed by atoms with Crippen LogP contribution in [0.25, 0.3) is 21.3 Å². The van der Waals surface area contributed by atoms with Gasteiger partial charge in [0.25, 0.3) is 10.0 Å². The minimum Gasteiger partial charge on any atom is -0.497 e. The Balaban J connectivity index is 1.81. The van der Waals surface area contributed by atoms with Crippen LogP contribution < -0.4 is 4.74 Å². The van der Waals surface area contributed by atoms with Crippen molar-refractivity contribution in [3.8, 4) is 16.2 Å². The van der Waals surface area contributed by atoms with Gasteiger partial charge in [0.15, 0.2) is 0 Å². The zero-order chi connectivity index (χ0) is 23.0. The van der Waals surface area contributed by atoms with E-state index in [0.717, 1.165) is 16.9 Å². The average molecular weight is 510 g/mol. The molecule has 0 aliphatic carbocycles. The fourth-order valence-electron chi connectivity index (χ4n) is 3.42. The number of fused-ring (bicyclic) bond motifs is 1. The number of carboxylic acid groups (broad SMARTS) is 1. The van der Waals surface area contributed by atoms with Gasteiger partial charge in [0.05, 0.1) is 12.6 Å². The number of halogens is 2. The Kier molecular flexibility index (Phi) is 6.22. The van der Waals surface area contributed by atoms with Gasteiger partial charge in [-0.05, 0) is 66.1 Å². The molecule has 0 aliphatic rings. The predicted octanol–water partition coefficient (Wildman–Crippen LogP) is 5.94. The third kappa shape index (κ3) is 4.36.